The second-order valence-electron chi connectivity index (χ2n) is 5.37. The van der Waals surface area contributed by atoms with Crippen LogP contribution in [-0.4, -0.2) is 31.6 Å². The topological polar surface area (TPSA) is 90.7 Å². The van der Waals surface area contributed by atoms with Crippen molar-refractivity contribution in [1.82, 2.24) is 5.32 Å². The Kier molecular flexibility index (Phi) is 6.47. The molecule has 1 atom stereocenters. The Balaban J connectivity index is 1.94. The number of carbonyl (C=O) groups excluding carboxylic acids is 1. The molecule has 0 aliphatic carbocycles. The number of hydrogen-bond donors (Lipinski definition) is 1. The molecule has 2 rings (SSSR count). The lowest BCUT2D eigenvalue weighted by molar-refractivity contribution is -0.384. The average Bonchev–Trinajstić information content (AvgIpc) is 2.63. The molecule has 25 heavy (non-hydrogen) atoms. The SMILES string of the molecule is COc1ccccc1C(CNC(=O)Cc1ccc([N+](=O)[O-])cc1)OC. The molecule has 0 radical (unpaired) electrons. The molecular weight excluding hydrogens is 324 g/mol. The number of ether oxygens (including phenoxy) is 2. The van der Waals surface area contributed by atoms with Gasteiger partial charge in [0.25, 0.3) is 5.69 Å². The van der Waals surface area contributed by atoms with Crippen molar-refractivity contribution in [2.45, 2.75) is 12.5 Å². The highest BCUT2D eigenvalue weighted by Crippen LogP contribution is 2.26. The number of methoxy groups -OCH3 is 2. The molecule has 2 aromatic carbocycles. The van der Waals surface area contributed by atoms with Crippen LogP contribution in [0, 0.1) is 10.1 Å². The highest BCUT2D eigenvalue weighted by atomic mass is 16.6. The molecule has 0 saturated carbocycles. The highest BCUT2D eigenvalue weighted by molar-refractivity contribution is 5.78. The van der Waals surface area contributed by atoms with Crippen LogP contribution in [0.3, 0.4) is 0 Å². The van der Waals surface area contributed by atoms with Gasteiger partial charge in [-0.25, -0.2) is 0 Å². The summed E-state index contributed by atoms with van der Waals surface area (Å²) >= 11 is 0. The standard InChI is InChI=1S/C18H20N2O5/c1-24-16-6-4-3-5-15(16)17(25-2)12-19-18(21)11-13-7-9-14(10-8-13)20(22)23/h3-10,17H,11-12H2,1-2H3,(H,19,21). The van der Waals surface area contributed by atoms with Gasteiger partial charge in [-0.05, 0) is 11.6 Å². The summed E-state index contributed by atoms with van der Waals surface area (Å²) in [5, 5.41) is 13.5. The first-order chi connectivity index (χ1) is 12.0. The Bertz CT molecular complexity index is 731. The number of benzene rings is 2. The van der Waals surface area contributed by atoms with Crippen molar-refractivity contribution >= 4 is 11.6 Å². The van der Waals surface area contributed by atoms with E-state index in [2.05, 4.69) is 5.32 Å². The highest BCUT2D eigenvalue weighted by Gasteiger charge is 2.16. The third-order valence-corrected chi connectivity index (χ3v) is 3.77. The molecule has 0 heterocycles. The van der Waals surface area contributed by atoms with Gasteiger partial charge in [0.05, 0.1) is 18.5 Å². The van der Waals surface area contributed by atoms with Gasteiger partial charge in [-0.1, -0.05) is 30.3 Å². The van der Waals surface area contributed by atoms with Crippen molar-refractivity contribution < 1.29 is 19.2 Å². The zero-order chi connectivity index (χ0) is 18.2. The van der Waals surface area contributed by atoms with E-state index < -0.39 is 4.92 Å². The molecule has 132 valence electrons. The van der Waals surface area contributed by atoms with E-state index in [1.54, 1.807) is 26.4 Å². The summed E-state index contributed by atoms with van der Waals surface area (Å²) in [7, 11) is 3.15. The van der Waals surface area contributed by atoms with Crippen LogP contribution in [0.5, 0.6) is 5.75 Å². The number of amides is 1. The molecular formula is C18H20N2O5. The number of non-ortho nitro benzene ring substituents is 1. The summed E-state index contributed by atoms with van der Waals surface area (Å²) in [5.41, 5.74) is 1.55. The fourth-order valence-corrected chi connectivity index (χ4v) is 2.44. The zero-order valence-electron chi connectivity index (χ0n) is 14.1. The molecule has 7 nitrogen and oxygen atoms in total. The smallest absolute Gasteiger partial charge is 0.269 e. The van der Waals surface area contributed by atoms with Crippen LogP contribution in [0.25, 0.3) is 0 Å². The van der Waals surface area contributed by atoms with Crippen LogP contribution in [0.2, 0.25) is 0 Å². The normalized spacial score (nSPS) is 11.6. The molecule has 1 amide bonds. The van der Waals surface area contributed by atoms with Crippen LogP contribution < -0.4 is 10.1 Å². The van der Waals surface area contributed by atoms with Crippen LogP contribution >= 0.6 is 0 Å². The Morgan fingerprint density at radius 2 is 1.84 bits per heavy atom. The van der Waals surface area contributed by atoms with E-state index in [9.17, 15) is 14.9 Å². The van der Waals surface area contributed by atoms with Crippen molar-refractivity contribution in [3.8, 4) is 5.75 Å². The third-order valence-electron chi connectivity index (χ3n) is 3.77. The first kappa shape index (κ1) is 18.4. The lowest BCUT2D eigenvalue weighted by atomic mass is 10.1. The number of nitro benzene ring substituents is 1. The number of nitro groups is 1. The molecule has 0 aliphatic heterocycles. The quantitative estimate of drug-likeness (QED) is 0.587. The van der Waals surface area contributed by atoms with Crippen LogP contribution in [0.4, 0.5) is 5.69 Å². The van der Waals surface area contributed by atoms with Gasteiger partial charge in [-0.2, -0.15) is 0 Å². The fourth-order valence-electron chi connectivity index (χ4n) is 2.44. The molecule has 0 aliphatic rings. The number of nitrogens with one attached hydrogen (secondary N) is 1. The molecule has 7 heteroatoms. The molecule has 0 spiro atoms. The first-order valence-electron chi connectivity index (χ1n) is 7.71. The molecule has 1 unspecified atom stereocenters. The second kappa shape index (κ2) is 8.79. The summed E-state index contributed by atoms with van der Waals surface area (Å²) in [5.74, 6) is 0.504. The van der Waals surface area contributed by atoms with Gasteiger partial charge in [0.15, 0.2) is 0 Å². The largest absolute Gasteiger partial charge is 0.496 e. The van der Waals surface area contributed by atoms with Crippen LogP contribution in [-0.2, 0) is 16.0 Å². The molecule has 2 aromatic rings. The molecule has 0 bridgehead atoms. The average molecular weight is 344 g/mol. The minimum absolute atomic E-state index is 0.000206. The van der Waals surface area contributed by atoms with Crippen LogP contribution in [0.1, 0.15) is 17.2 Å². The Morgan fingerprint density at radius 1 is 1.16 bits per heavy atom. The van der Waals surface area contributed by atoms with Gasteiger partial charge in [-0.15, -0.1) is 0 Å². The van der Waals surface area contributed by atoms with E-state index in [1.807, 2.05) is 24.3 Å². The number of nitrogens with zero attached hydrogens (tertiary/aromatic N) is 1. The second-order valence-corrected chi connectivity index (χ2v) is 5.37. The maximum atomic E-state index is 12.1. The van der Waals surface area contributed by atoms with Crippen molar-refractivity contribution in [3.63, 3.8) is 0 Å². The summed E-state index contributed by atoms with van der Waals surface area (Å²) in [6.45, 7) is 0.294. The summed E-state index contributed by atoms with van der Waals surface area (Å²) < 4.78 is 10.8. The minimum Gasteiger partial charge on any atom is -0.496 e. The summed E-state index contributed by atoms with van der Waals surface area (Å²) in [6.07, 6.45) is -0.197. The molecule has 0 saturated heterocycles. The van der Waals surface area contributed by atoms with Gasteiger partial charge in [0, 0.05) is 31.4 Å². The molecule has 0 aromatic heterocycles. The Morgan fingerprint density at radius 3 is 2.44 bits per heavy atom. The van der Waals surface area contributed by atoms with Gasteiger partial charge in [-0.3, -0.25) is 14.9 Å². The predicted octanol–water partition coefficient (Wildman–Crippen LogP) is 2.65. The van der Waals surface area contributed by atoms with Gasteiger partial charge in [0.1, 0.15) is 11.9 Å². The van der Waals surface area contributed by atoms with E-state index in [0.717, 1.165) is 5.56 Å². The minimum atomic E-state index is -0.472. The van der Waals surface area contributed by atoms with E-state index in [4.69, 9.17) is 9.47 Å². The van der Waals surface area contributed by atoms with E-state index in [0.29, 0.717) is 17.9 Å². The van der Waals surface area contributed by atoms with E-state index >= 15 is 0 Å². The number of rotatable bonds is 8. The molecule has 0 fully saturated rings. The van der Waals surface area contributed by atoms with Crippen molar-refractivity contribution in [1.29, 1.82) is 0 Å². The van der Waals surface area contributed by atoms with Gasteiger partial charge in [0.2, 0.25) is 5.91 Å². The number of para-hydroxylation sites is 1. The van der Waals surface area contributed by atoms with Gasteiger partial charge < -0.3 is 14.8 Å². The molecule has 1 N–H and O–H groups in total. The van der Waals surface area contributed by atoms with Gasteiger partial charge >= 0.3 is 0 Å². The van der Waals surface area contributed by atoms with Crippen molar-refractivity contribution in [2.24, 2.45) is 0 Å². The maximum Gasteiger partial charge on any atom is 0.269 e. The zero-order valence-corrected chi connectivity index (χ0v) is 14.1. The Hall–Kier alpha value is -2.93. The fraction of sp³-hybridized carbons (Fsp3) is 0.278. The van der Waals surface area contributed by atoms with Crippen LogP contribution in [0.15, 0.2) is 48.5 Å². The summed E-state index contributed by atoms with van der Waals surface area (Å²) in [4.78, 5) is 22.3. The van der Waals surface area contributed by atoms with E-state index in [1.165, 1.54) is 12.1 Å². The third kappa shape index (κ3) is 5.02. The summed E-state index contributed by atoms with van der Waals surface area (Å²) in [6, 6.07) is 13.4. The Labute approximate surface area is 145 Å². The number of carbonyl (C=O) groups is 1. The first-order valence-corrected chi connectivity index (χ1v) is 7.71. The maximum absolute atomic E-state index is 12.1. The monoisotopic (exact) mass is 344 g/mol. The number of hydrogen-bond acceptors (Lipinski definition) is 5. The predicted molar refractivity (Wildman–Crippen MR) is 92.6 cm³/mol. The van der Waals surface area contributed by atoms with Crippen molar-refractivity contribution in [3.05, 3.63) is 69.8 Å². The lowest BCUT2D eigenvalue weighted by Gasteiger charge is -2.19. The lowest BCUT2D eigenvalue weighted by Crippen LogP contribution is -2.30. The van der Waals surface area contributed by atoms with E-state index in [-0.39, 0.29) is 24.1 Å². The van der Waals surface area contributed by atoms with Crippen molar-refractivity contribution in [2.75, 3.05) is 20.8 Å².